The lowest BCUT2D eigenvalue weighted by Gasteiger charge is -2.12. The molecule has 0 aromatic heterocycles. The summed E-state index contributed by atoms with van der Waals surface area (Å²) in [5, 5.41) is 0. The molecule has 0 radical (unpaired) electrons. The van der Waals surface area contributed by atoms with Gasteiger partial charge < -0.3 is 4.90 Å². The highest BCUT2D eigenvalue weighted by Crippen LogP contribution is 2.08. The van der Waals surface area contributed by atoms with Crippen LogP contribution in [0.2, 0.25) is 0 Å². The average molecular weight is 171 g/mol. The van der Waals surface area contributed by atoms with Crippen molar-refractivity contribution in [3.8, 4) is 0 Å². The van der Waals surface area contributed by atoms with Crippen LogP contribution in [0.3, 0.4) is 0 Å². The van der Waals surface area contributed by atoms with E-state index in [0.717, 1.165) is 25.9 Å². The number of carbonyl (C=O) groups excluding carboxylic acids is 1. The summed E-state index contributed by atoms with van der Waals surface area (Å²) in [6, 6.07) is 0. The second-order valence-corrected chi connectivity index (χ2v) is 2.62. The van der Waals surface area contributed by atoms with Crippen LogP contribution in [0.1, 0.15) is 12.8 Å². The van der Waals surface area contributed by atoms with Gasteiger partial charge in [0.05, 0.1) is 0 Å². The molecule has 0 aromatic carbocycles. The molecule has 1 rings (SSSR count). The summed E-state index contributed by atoms with van der Waals surface area (Å²) in [5.74, 6) is 0. The Bertz CT molecular complexity index is 164. The normalized spacial score (nSPS) is 16.2. The Morgan fingerprint density at radius 2 is 2.17 bits per heavy atom. The van der Waals surface area contributed by atoms with E-state index in [4.69, 9.17) is 0 Å². The Morgan fingerprint density at radius 1 is 1.50 bits per heavy atom. The maximum atomic E-state index is 11.1. The van der Waals surface area contributed by atoms with E-state index < -0.39 is 6.09 Å². The second-order valence-electron chi connectivity index (χ2n) is 2.62. The van der Waals surface area contributed by atoms with Gasteiger partial charge in [-0.05, 0) is 12.8 Å². The number of nitrogens with zero attached hydrogens (tertiary/aromatic N) is 1. The Morgan fingerprint density at radius 3 is 2.75 bits per heavy atom. The molecule has 0 N–H and O–H groups in total. The third kappa shape index (κ3) is 2.54. The van der Waals surface area contributed by atoms with Crippen molar-refractivity contribution in [2.24, 2.45) is 0 Å². The van der Waals surface area contributed by atoms with Crippen molar-refractivity contribution < 1.29 is 14.6 Å². The quantitative estimate of drug-likeness (QED) is 0.278. The smallest absolute Gasteiger partial charge is 0.306 e. The maximum absolute atomic E-state index is 11.1. The van der Waals surface area contributed by atoms with Crippen LogP contribution in [0, 0.1) is 0 Å². The molecule has 4 heteroatoms. The lowest BCUT2D eigenvalue weighted by molar-refractivity contribution is -0.235. The van der Waals surface area contributed by atoms with Gasteiger partial charge in [-0.3, -0.25) is 4.89 Å². The van der Waals surface area contributed by atoms with Gasteiger partial charge in [0.25, 0.3) is 0 Å². The second kappa shape index (κ2) is 4.77. The monoisotopic (exact) mass is 171 g/mol. The van der Waals surface area contributed by atoms with Crippen LogP contribution in [-0.4, -0.2) is 30.7 Å². The minimum atomic E-state index is -0.394. The van der Waals surface area contributed by atoms with Gasteiger partial charge in [0.15, 0.2) is 0 Å². The van der Waals surface area contributed by atoms with E-state index in [1.54, 1.807) is 4.90 Å². The molecule has 0 unspecified atom stereocenters. The van der Waals surface area contributed by atoms with Crippen LogP contribution in [0.15, 0.2) is 12.7 Å². The molecule has 1 saturated heterocycles. The van der Waals surface area contributed by atoms with E-state index in [-0.39, 0.29) is 6.61 Å². The van der Waals surface area contributed by atoms with Gasteiger partial charge in [0.2, 0.25) is 0 Å². The Kier molecular flexibility index (Phi) is 3.60. The molecule has 68 valence electrons. The summed E-state index contributed by atoms with van der Waals surface area (Å²) in [5.41, 5.74) is 0. The summed E-state index contributed by atoms with van der Waals surface area (Å²) < 4.78 is 0. The highest BCUT2D eigenvalue weighted by Gasteiger charge is 2.19. The topological polar surface area (TPSA) is 38.8 Å². The highest BCUT2D eigenvalue weighted by atomic mass is 17.2. The molecule has 0 aliphatic carbocycles. The average Bonchev–Trinajstić information content (AvgIpc) is 2.56. The first-order chi connectivity index (χ1) is 5.84. The van der Waals surface area contributed by atoms with Crippen molar-refractivity contribution in [1.29, 1.82) is 0 Å². The zero-order valence-corrected chi connectivity index (χ0v) is 6.99. The predicted octanol–water partition coefficient (Wildman–Crippen LogP) is 1.34. The highest BCUT2D eigenvalue weighted by molar-refractivity contribution is 5.67. The molecule has 1 amide bonds. The third-order valence-corrected chi connectivity index (χ3v) is 1.68. The minimum Gasteiger partial charge on any atom is -0.306 e. The Hall–Kier alpha value is -1.03. The third-order valence-electron chi connectivity index (χ3n) is 1.68. The summed E-state index contributed by atoms with van der Waals surface area (Å²) in [6.07, 6.45) is 3.24. The first kappa shape index (κ1) is 9.06. The van der Waals surface area contributed by atoms with Crippen LogP contribution in [0.4, 0.5) is 4.79 Å². The maximum Gasteiger partial charge on any atom is 0.441 e. The lowest BCUT2D eigenvalue weighted by atomic mass is 10.4. The molecule has 0 saturated carbocycles. The summed E-state index contributed by atoms with van der Waals surface area (Å²) in [4.78, 5) is 21.7. The van der Waals surface area contributed by atoms with E-state index in [1.807, 2.05) is 0 Å². The van der Waals surface area contributed by atoms with E-state index >= 15 is 0 Å². The van der Waals surface area contributed by atoms with Crippen LogP contribution >= 0.6 is 0 Å². The molecule has 1 heterocycles. The van der Waals surface area contributed by atoms with Gasteiger partial charge in [0, 0.05) is 13.1 Å². The van der Waals surface area contributed by atoms with Crippen LogP contribution in [0.5, 0.6) is 0 Å². The number of hydrogen-bond donors (Lipinski definition) is 0. The number of rotatable bonds is 3. The van der Waals surface area contributed by atoms with Gasteiger partial charge in [-0.25, -0.2) is 4.79 Å². The van der Waals surface area contributed by atoms with E-state index in [1.165, 1.54) is 6.08 Å². The number of amides is 1. The van der Waals surface area contributed by atoms with Crippen LogP contribution in [0.25, 0.3) is 0 Å². The van der Waals surface area contributed by atoms with Crippen LogP contribution < -0.4 is 0 Å². The predicted molar refractivity (Wildman–Crippen MR) is 43.4 cm³/mol. The molecule has 1 aliphatic heterocycles. The molecular formula is C8H13NO3. The molecule has 4 nitrogen and oxygen atoms in total. The number of hydrogen-bond acceptors (Lipinski definition) is 3. The number of likely N-dealkylation sites (tertiary alicyclic amines) is 1. The van der Waals surface area contributed by atoms with Gasteiger partial charge in [-0.1, -0.05) is 6.08 Å². The van der Waals surface area contributed by atoms with Gasteiger partial charge in [-0.2, -0.15) is 4.89 Å². The van der Waals surface area contributed by atoms with E-state index in [2.05, 4.69) is 16.4 Å². The Balaban J connectivity index is 2.14. The van der Waals surface area contributed by atoms with Crippen molar-refractivity contribution in [3.05, 3.63) is 12.7 Å². The molecule has 0 aromatic rings. The first-order valence-corrected chi connectivity index (χ1v) is 4.04. The standard InChI is InChI=1S/C8H13NO3/c1-2-7-11-12-8(10)9-5-3-4-6-9/h2H,1,3-7H2. The molecule has 1 fully saturated rings. The van der Waals surface area contributed by atoms with Crippen molar-refractivity contribution in [1.82, 2.24) is 4.90 Å². The van der Waals surface area contributed by atoms with Crippen molar-refractivity contribution >= 4 is 6.09 Å². The van der Waals surface area contributed by atoms with Crippen molar-refractivity contribution in [2.75, 3.05) is 19.7 Å². The first-order valence-electron chi connectivity index (χ1n) is 4.04. The van der Waals surface area contributed by atoms with E-state index in [9.17, 15) is 4.79 Å². The SMILES string of the molecule is C=CCOOC(=O)N1CCCC1. The van der Waals surface area contributed by atoms with Crippen molar-refractivity contribution in [3.63, 3.8) is 0 Å². The Labute approximate surface area is 71.7 Å². The number of carbonyl (C=O) groups is 1. The van der Waals surface area contributed by atoms with Gasteiger partial charge >= 0.3 is 6.09 Å². The fourth-order valence-electron chi connectivity index (χ4n) is 1.08. The summed E-state index contributed by atoms with van der Waals surface area (Å²) >= 11 is 0. The summed E-state index contributed by atoms with van der Waals surface area (Å²) in [6.45, 7) is 5.21. The molecule has 12 heavy (non-hydrogen) atoms. The molecule has 0 spiro atoms. The minimum absolute atomic E-state index is 0.236. The van der Waals surface area contributed by atoms with Gasteiger partial charge in [-0.15, -0.1) is 6.58 Å². The zero-order valence-electron chi connectivity index (χ0n) is 6.99. The van der Waals surface area contributed by atoms with Gasteiger partial charge in [0.1, 0.15) is 6.61 Å². The summed E-state index contributed by atoms with van der Waals surface area (Å²) in [7, 11) is 0. The molecule has 1 aliphatic rings. The van der Waals surface area contributed by atoms with E-state index in [0.29, 0.717) is 0 Å². The largest absolute Gasteiger partial charge is 0.441 e. The molecule has 0 atom stereocenters. The van der Waals surface area contributed by atoms with Crippen molar-refractivity contribution in [2.45, 2.75) is 12.8 Å². The fraction of sp³-hybridized carbons (Fsp3) is 0.625. The lowest BCUT2D eigenvalue weighted by Crippen LogP contribution is -2.28. The molecular weight excluding hydrogens is 158 g/mol. The fourth-order valence-corrected chi connectivity index (χ4v) is 1.08. The molecule has 0 bridgehead atoms. The van der Waals surface area contributed by atoms with Crippen LogP contribution in [-0.2, 0) is 9.78 Å². The zero-order chi connectivity index (χ0) is 8.81.